The van der Waals surface area contributed by atoms with Crippen molar-refractivity contribution < 1.29 is 19.3 Å². The first kappa shape index (κ1) is 20.9. The Bertz CT molecular complexity index is 716. The van der Waals surface area contributed by atoms with Gasteiger partial charge in [0.25, 0.3) is 0 Å². The maximum absolute atomic E-state index is 9.50. The molecule has 1 fully saturated rings. The van der Waals surface area contributed by atoms with Crippen LogP contribution in [0.5, 0.6) is 17.2 Å². The summed E-state index contributed by atoms with van der Waals surface area (Å²) in [5.74, 6) is 2.22. The van der Waals surface area contributed by atoms with E-state index < -0.39 is 0 Å². The van der Waals surface area contributed by atoms with Crippen LogP contribution in [0.2, 0.25) is 0 Å². The number of methoxy groups -OCH3 is 3. The van der Waals surface area contributed by atoms with Crippen LogP contribution < -0.4 is 25.1 Å². The van der Waals surface area contributed by atoms with Gasteiger partial charge in [-0.15, -0.1) is 11.3 Å². The van der Waals surface area contributed by atoms with Crippen molar-refractivity contribution in [2.75, 3.05) is 47.6 Å². The van der Waals surface area contributed by atoms with Gasteiger partial charge in [-0.2, -0.15) is 0 Å². The van der Waals surface area contributed by atoms with Crippen LogP contribution in [0.3, 0.4) is 0 Å². The number of ether oxygens (including phenoxy) is 3. The highest BCUT2D eigenvalue weighted by atomic mass is 32.1. The highest BCUT2D eigenvalue weighted by Crippen LogP contribution is 2.41. The van der Waals surface area contributed by atoms with Gasteiger partial charge in [0.2, 0.25) is 5.75 Å². The van der Waals surface area contributed by atoms with Gasteiger partial charge in [0.05, 0.1) is 34.0 Å². The van der Waals surface area contributed by atoms with Crippen LogP contribution in [-0.2, 0) is 6.54 Å². The summed E-state index contributed by atoms with van der Waals surface area (Å²) < 4.78 is 16.5. The standard InChI is InChI=1S/C20H29N3O4S/c1-25-17-9-14(10-18(26-2)20(17)27-3)19-15(11-21-22-19)12-23(6-7-24)13-16-5-4-8-28-16/h4-5,8-10,15,19,21-22,24H,6-7,11-13H2,1-3H3. The van der Waals surface area contributed by atoms with E-state index in [0.29, 0.717) is 29.7 Å². The number of aliphatic hydroxyl groups excluding tert-OH is 1. The van der Waals surface area contributed by atoms with Crippen LogP contribution in [-0.4, -0.2) is 57.6 Å². The van der Waals surface area contributed by atoms with E-state index in [4.69, 9.17) is 14.2 Å². The zero-order chi connectivity index (χ0) is 19.9. The number of benzene rings is 1. The Labute approximate surface area is 170 Å². The van der Waals surface area contributed by atoms with Crippen molar-refractivity contribution in [3.63, 3.8) is 0 Å². The van der Waals surface area contributed by atoms with E-state index >= 15 is 0 Å². The van der Waals surface area contributed by atoms with Gasteiger partial charge in [0, 0.05) is 37.0 Å². The molecule has 154 valence electrons. The molecule has 1 aliphatic rings. The fourth-order valence-electron chi connectivity index (χ4n) is 3.67. The number of nitrogens with one attached hydrogen (secondary N) is 2. The average molecular weight is 408 g/mol. The molecular weight excluding hydrogens is 378 g/mol. The van der Waals surface area contributed by atoms with Crippen molar-refractivity contribution in [1.82, 2.24) is 15.8 Å². The lowest BCUT2D eigenvalue weighted by molar-refractivity contribution is 0.168. The number of hydrazine groups is 1. The van der Waals surface area contributed by atoms with Gasteiger partial charge in [-0.1, -0.05) is 6.07 Å². The number of aliphatic hydroxyl groups is 1. The summed E-state index contributed by atoms with van der Waals surface area (Å²) in [4.78, 5) is 3.60. The van der Waals surface area contributed by atoms with Crippen molar-refractivity contribution in [2.45, 2.75) is 12.6 Å². The van der Waals surface area contributed by atoms with Crippen LogP contribution in [0.15, 0.2) is 29.6 Å². The van der Waals surface area contributed by atoms with Crippen LogP contribution in [0.4, 0.5) is 0 Å². The summed E-state index contributed by atoms with van der Waals surface area (Å²) in [5, 5.41) is 11.6. The molecule has 0 aliphatic carbocycles. The second kappa shape index (κ2) is 10.1. The quantitative estimate of drug-likeness (QED) is 0.556. The van der Waals surface area contributed by atoms with E-state index in [-0.39, 0.29) is 12.6 Å². The molecule has 2 heterocycles. The Morgan fingerprint density at radius 2 is 1.93 bits per heavy atom. The molecule has 1 aromatic heterocycles. The molecule has 1 aliphatic heterocycles. The molecule has 7 nitrogen and oxygen atoms in total. The molecule has 0 amide bonds. The summed E-state index contributed by atoms with van der Waals surface area (Å²) in [6.45, 7) is 3.34. The van der Waals surface area contributed by atoms with Gasteiger partial charge >= 0.3 is 0 Å². The maximum Gasteiger partial charge on any atom is 0.203 e. The SMILES string of the molecule is COc1cc(C2NNCC2CN(CCO)Cc2cccs2)cc(OC)c1OC. The number of thiophene rings is 1. The van der Waals surface area contributed by atoms with Crippen LogP contribution in [0, 0.1) is 5.92 Å². The minimum Gasteiger partial charge on any atom is -0.493 e. The summed E-state index contributed by atoms with van der Waals surface area (Å²) in [7, 11) is 4.86. The summed E-state index contributed by atoms with van der Waals surface area (Å²) in [5.41, 5.74) is 7.74. The van der Waals surface area contributed by atoms with Crippen molar-refractivity contribution >= 4 is 11.3 Å². The Morgan fingerprint density at radius 1 is 1.18 bits per heavy atom. The molecule has 0 saturated carbocycles. The molecule has 2 unspecified atom stereocenters. The minimum atomic E-state index is 0.0956. The zero-order valence-corrected chi connectivity index (χ0v) is 17.4. The first-order valence-electron chi connectivity index (χ1n) is 9.34. The number of hydrogen-bond donors (Lipinski definition) is 3. The Hall–Kier alpha value is -1.84. The van der Waals surface area contributed by atoms with Gasteiger partial charge in [-0.05, 0) is 29.1 Å². The fraction of sp³-hybridized carbons (Fsp3) is 0.500. The van der Waals surface area contributed by atoms with Gasteiger partial charge in [0.1, 0.15) is 0 Å². The molecule has 0 bridgehead atoms. The lowest BCUT2D eigenvalue weighted by Gasteiger charge is -2.27. The summed E-state index contributed by atoms with van der Waals surface area (Å²) in [6, 6.07) is 8.28. The molecule has 3 N–H and O–H groups in total. The molecule has 1 aromatic carbocycles. The van der Waals surface area contributed by atoms with Crippen LogP contribution >= 0.6 is 11.3 Å². The Morgan fingerprint density at radius 3 is 2.50 bits per heavy atom. The highest BCUT2D eigenvalue weighted by Gasteiger charge is 2.31. The minimum absolute atomic E-state index is 0.0956. The molecule has 2 atom stereocenters. The second-order valence-corrected chi connectivity index (χ2v) is 7.79. The molecule has 2 aromatic rings. The monoisotopic (exact) mass is 407 g/mol. The smallest absolute Gasteiger partial charge is 0.203 e. The van der Waals surface area contributed by atoms with Gasteiger partial charge in [0.15, 0.2) is 11.5 Å². The van der Waals surface area contributed by atoms with Gasteiger partial charge in [-0.25, -0.2) is 5.43 Å². The molecule has 0 spiro atoms. The van der Waals surface area contributed by atoms with E-state index in [1.807, 2.05) is 12.1 Å². The third kappa shape index (κ3) is 4.76. The first-order valence-corrected chi connectivity index (χ1v) is 10.2. The van der Waals surface area contributed by atoms with Crippen molar-refractivity contribution in [3.8, 4) is 17.2 Å². The number of nitrogens with zero attached hydrogens (tertiary/aromatic N) is 1. The zero-order valence-electron chi connectivity index (χ0n) is 16.6. The average Bonchev–Trinajstić information content (AvgIpc) is 3.39. The largest absolute Gasteiger partial charge is 0.493 e. The second-order valence-electron chi connectivity index (χ2n) is 6.76. The normalized spacial score (nSPS) is 19.2. The van der Waals surface area contributed by atoms with Crippen molar-refractivity contribution in [2.24, 2.45) is 5.92 Å². The van der Waals surface area contributed by atoms with Crippen LogP contribution in [0.25, 0.3) is 0 Å². The molecular formula is C20H29N3O4S. The van der Waals surface area contributed by atoms with E-state index in [0.717, 1.165) is 25.2 Å². The number of rotatable bonds is 10. The Kier molecular flexibility index (Phi) is 7.52. The van der Waals surface area contributed by atoms with Crippen molar-refractivity contribution in [1.29, 1.82) is 0 Å². The molecule has 0 radical (unpaired) electrons. The first-order chi connectivity index (χ1) is 13.7. The lowest BCUT2D eigenvalue weighted by Crippen LogP contribution is -2.34. The van der Waals surface area contributed by atoms with E-state index in [1.165, 1.54) is 4.88 Å². The lowest BCUT2D eigenvalue weighted by atomic mass is 9.93. The number of hydrogen-bond acceptors (Lipinski definition) is 8. The van der Waals surface area contributed by atoms with Crippen LogP contribution in [0.1, 0.15) is 16.5 Å². The maximum atomic E-state index is 9.50. The topological polar surface area (TPSA) is 75.2 Å². The van der Waals surface area contributed by atoms with E-state index in [2.05, 4.69) is 33.3 Å². The predicted molar refractivity (Wildman–Crippen MR) is 110 cm³/mol. The molecule has 3 rings (SSSR count). The molecule has 28 heavy (non-hydrogen) atoms. The summed E-state index contributed by atoms with van der Waals surface area (Å²) in [6.07, 6.45) is 0. The van der Waals surface area contributed by atoms with E-state index in [9.17, 15) is 5.11 Å². The highest BCUT2D eigenvalue weighted by molar-refractivity contribution is 7.09. The van der Waals surface area contributed by atoms with E-state index in [1.54, 1.807) is 32.7 Å². The molecule has 1 saturated heterocycles. The van der Waals surface area contributed by atoms with Gasteiger partial charge in [-0.3, -0.25) is 10.3 Å². The fourth-order valence-corrected chi connectivity index (χ4v) is 4.42. The third-order valence-electron chi connectivity index (χ3n) is 5.01. The molecule has 8 heteroatoms. The van der Waals surface area contributed by atoms with Crippen molar-refractivity contribution in [3.05, 3.63) is 40.1 Å². The van der Waals surface area contributed by atoms with Gasteiger partial charge < -0.3 is 19.3 Å². The predicted octanol–water partition coefficient (Wildman–Crippen LogP) is 2.03. The summed E-state index contributed by atoms with van der Waals surface area (Å²) >= 11 is 1.74. The third-order valence-corrected chi connectivity index (χ3v) is 5.87. The Balaban J connectivity index is 1.79.